The number of hydrogen-bond acceptors (Lipinski definition) is 5. The molecule has 0 spiro atoms. The molecule has 6 heteroatoms. The summed E-state index contributed by atoms with van der Waals surface area (Å²) in [6.45, 7) is 6.86. The smallest absolute Gasteiger partial charge is 0.270 e. The van der Waals surface area contributed by atoms with Crippen LogP contribution in [0, 0.1) is 5.92 Å². The minimum absolute atomic E-state index is 0.154. The van der Waals surface area contributed by atoms with Gasteiger partial charge in [0.15, 0.2) is 0 Å². The first-order valence-corrected chi connectivity index (χ1v) is 11.7. The van der Waals surface area contributed by atoms with Gasteiger partial charge in [0.2, 0.25) is 0 Å². The zero-order chi connectivity index (χ0) is 23.0. The van der Waals surface area contributed by atoms with Gasteiger partial charge in [0.25, 0.3) is 5.91 Å². The molecule has 2 atom stereocenters. The van der Waals surface area contributed by atoms with Crippen LogP contribution in [0.5, 0.6) is 5.75 Å². The number of nitrogens with one attached hydrogen (secondary N) is 1. The third-order valence-corrected chi connectivity index (χ3v) is 5.88. The highest BCUT2D eigenvalue weighted by molar-refractivity contribution is 5.92. The van der Waals surface area contributed by atoms with E-state index >= 15 is 0 Å². The van der Waals surface area contributed by atoms with Crippen molar-refractivity contribution in [2.45, 2.75) is 45.4 Å². The fourth-order valence-electron chi connectivity index (χ4n) is 4.46. The van der Waals surface area contributed by atoms with Gasteiger partial charge in [-0.25, -0.2) is 0 Å². The highest BCUT2D eigenvalue weighted by Gasteiger charge is 2.31. The molecule has 3 aromatic rings. The maximum Gasteiger partial charge on any atom is 0.270 e. The number of benzene rings is 1. The van der Waals surface area contributed by atoms with Crippen molar-refractivity contribution in [2.24, 2.45) is 5.92 Å². The molecule has 0 saturated carbocycles. The Morgan fingerprint density at radius 1 is 1.09 bits per heavy atom. The molecule has 0 unspecified atom stereocenters. The summed E-state index contributed by atoms with van der Waals surface area (Å²) in [5.74, 6) is 1.00. The average Bonchev–Trinajstić information content (AvgIpc) is 2.83. The molecule has 1 saturated heterocycles. The fraction of sp³-hybridized carbons (Fsp3) is 0.370. The van der Waals surface area contributed by atoms with Crippen LogP contribution in [-0.2, 0) is 6.54 Å². The Morgan fingerprint density at radius 2 is 1.91 bits per heavy atom. The summed E-state index contributed by atoms with van der Waals surface area (Å²) < 4.78 is 5.87. The van der Waals surface area contributed by atoms with E-state index in [-0.39, 0.29) is 24.0 Å². The number of pyridine rings is 2. The predicted octanol–water partition coefficient (Wildman–Crippen LogP) is 4.65. The Bertz CT molecular complexity index is 1030. The molecule has 1 aliphatic heterocycles. The lowest BCUT2D eigenvalue weighted by Gasteiger charge is -2.37. The van der Waals surface area contributed by atoms with Crippen LogP contribution >= 0.6 is 0 Å². The van der Waals surface area contributed by atoms with E-state index < -0.39 is 0 Å². The quantitative estimate of drug-likeness (QED) is 0.548. The molecular formula is C27H32N4O2. The Labute approximate surface area is 196 Å². The van der Waals surface area contributed by atoms with Crippen LogP contribution in [0.4, 0.5) is 0 Å². The average molecular weight is 445 g/mol. The molecule has 0 aliphatic carbocycles. The summed E-state index contributed by atoms with van der Waals surface area (Å²) in [5.41, 5.74) is 2.55. The molecule has 6 nitrogen and oxygen atoms in total. The molecule has 1 aliphatic rings. The number of rotatable bonds is 8. The predicted molar refractivity (Wildman–Crippen MR) is 129 cm³/mol. The van der Waals surface area contributed by atoms with E-state index in [1.54, 1.807) is 18.5 Å². The van der Waals surface area contributed by atoms with Gasteiger partial charge in [-0.3, -0.25) is 19.7 Å². The summed E-state index contributed by atoms with van der Waals surface area (Å²) in [5, 5.41) is 3.22. The third kappa shape index (κ3) is 6.39. The number of likely N-dealkylation sites (tertiary alicyclic amines) is 1. The number of carbonyl (C=O) groups is 1. The largest absolute Gasteiger partial charge is 0.491 e. The van der Waals surface area contributed by atoms with Crippen LogP contribution in [0.25, 0.3) is 0 Å². The number of piperidine rings is 1. The van der Waals surface area contributed by atoms with Gasteiger partial charge in [-0.2, -0.15) is 0 Å². The zero-order valence-electron chi connectivity index (χ0n) is 19.4. The van der Waals surface area contributed by atoms with E-state index in [1.165, 1.54) is 5.56 Å². The molecule has 1 fully saturated rings. The molecule has 1 N–H and O–H groups in total. The highest BCUT2D eigenvalue weighted by Crippen LogP contribution is 2.30. The van der Waals surface area contributed by atoms with Crippen molar-refractivity contribution in [2.75, 3.05) is 13.1 Å². The maximum absolute atomic E-state index is 12.9. The lowest BCUT2D eigenvalue weighted by atomic mass is 9.88. The first-order valence-electron chi connectivity index (χ1n) is 11.7. The van der Waals surface area contributed by atoms with Crippen LogP contribution in [0.3, 0.4) is 0 Å². The maximum atomic E-state index is 12.9. The van der Waals surface area contributed by atoms with Gasteiger partial charge < -0.3 is 10.1 Å². The molecular weight excluding hydrogens is 412 g/mol. The van der Waals surface area contributed by atoms with E-state index in [2.05, 4.69) is 38.4 Å². The molecule has 0 bridgehead atoms. The van der Waals surface area contributed by atoms with Gasteiger partial charge in [0, 0.05) is 25.5 Å². The topological polar surface area (TPSA) is 67.3 Å². The van der Waals surface area contributed by atoms with Gasteiger partial charge in [0.05, 0.1) is 17.8 Å². The van der Waals surface area contributed by atoms with Crippen molar-refractivity contribution >= 4 is 5.91 Å². The second kappa shape index (κ2) is 11.1. The standard InChI is InChI=1S/C27H32N4O2/c1-20(2)33-23-11-7-9-21(17-23)18-31-16-8-10-22(19-31)26(24-12-3-5-14-28-24)30-27(32)25-13-4-6-15-29-25/h3-7,9,11-15,17,20,22,26H,8,10,16,18-19H2,1-2H3,(H,30,32)/t22-,26+/m1/s1. The zero-order valence-corrected chi connectivity index (χ0v) is 19.4. The molecule has 4 rings (SSSR count). The molecule has 1 amide bonds. The Kier molecular flexibility index (Phi) is 7.68. The van der Waals surface area contributed by atoms with Crippen molar-refractivity contribution in [1.82, 2.24) is 20.2 Å². The summed E-state index contributed by atoms with van der Waals surface area (Å²) in [4.78, 5) is 24.2. The van der Waals surface area contributed by atoms with E-state index in [1.807, 2.05) is 50.2 Å². The van der Waals surface area contributed by atoms with Crippen molar-refractivity contribution in [3.8, 4) is 5.75 Å². The van der Waals surface area contributed by atoms with E-state index in [4.69, 9.17) is 4.74 Å². The number of carbonyl (C=O) groups excluding carboxylic acids is 1. The summed E-state index contributed by atoms with van der Waals surface area (Å²) in [6, 6.07) is 19.4. The second-order valence-electron chi connectivity index (χ2n) is 8.87. The SMILES string of the molecule is CC(C)Oc1cccc(CN2CCC[C@@H]([C@H](NC(=O)c3ccccn3)c3ccccn3)C2)c1. The lowest BCUT2D eigenvalue weighted by molar-refractivity contribution is 0.0870. The fourth-order valence-corrected chi connectivity index (χ4v) is 4.46. The highest BCUT2D eigenvalue weighted by atomic mass is 16.5. The molecule has 3 heterocycles. The van der Waals surface area contributed by atoms with Gasteiger partial charge >= 0.3 is 0 Å². The van der Waals surface area contributed by atoms with E-state index in [0.717, 1.165) is 43.9 Å². The number of nitrogens with zero attached hydrogens (tertiary/aromatic N) is 3. The number of aromatic nitrogens is 2. The van der Waals surface area contributed by atoms with Crippen LogP contribution < -0.4 is 10.1 Å². The molecule has 2 aromatic heterocycles. The van der Waals surface area contributed by atoms with Gasteiger partial charge in [-0.1, -0.05) is 24.3 Å². The summed E-state index contributed by atoms with van der Waals surface area (Å²) in [7, 11) is 0. The van der Waals surface area contributed by atoms with Crippen molar-refractivity contribution < 1.29 is 9.53 Å². The Balaban J connectivity index is 1.49. The molecule has 172 valence electrons. The summed E-state index contributed by atoms with van der Waals surface area (Å²) in [6.07, 6.45) is 5.70. The lowest BCUT2D eigenvalue weighted by Crippen LogP contribution is -2.43. The number of ether oxygens (including phenoxy) is 1. The van der Waals surface area contributed by atoms with Gasteiger partial charge in [0.1, 0.15) is 11.4 Å². The van der Waals surface area contributed by atoms with Crippen LogP contribution in [0.1, 0.15) is 54.5 Å². The monoisotopic (exact) mass is 444 g/mol. The Hall–Kier alpha value is -3.25. The third-order valence-electron chi connectivity index (χ3n) is 5.88. The first kappa shape index (κ1) is 22.9. The van der Waals surface area contributed by atoms with Crippen LogP contribution in [0.15, 0.2) is 73.1 Å². The molecule has 33 heavy (non-hydrogen) atoms. The van der Waals surface area contributed by atoms with Gasteiger partial charge in [-0.05, 0) is 81.1 Å². The molecule has 0 radical (unpaired) electrons. The normalized spacial score (nSPS) is 17.5. The minimum atomic E-state index is -0.167. The summed E-state index contributed by atoms with van der Waals surface area (Å²) >= 11 is 0. The number of amides is 1. The van der Waals surface area contributed by atoms with Crippen molar-refractivity contribution in [3.05, 3.63) is 90.0 Å². The van der Waals surface area contributed by atoms with Gasteiger partial charge in [-0.15, -0.1) is 0 Å². The number of hydrogen-bond donors (Lipinski definition) is 1. The van der Waals surface area contributed by atoms with E-state index in [9.17, 15) is 4.79 Å². The van der Waals surface area contributed by atoms with E-state index in [0.29, 0.717) is 5.69 Å². The second-order valence-corrected chi connectivity index (χ2v) is 8.87. The van der Waals surface area contributed by atoms with Crippen LogP contribution in [-0.4, -0.2) is 40.0 Å². The van der Waals surface area contributed by atoms with Crippen molar-refractivity contribution in [1.29, 1.82) is 0 Å². The molecule has 1 aromatic carbocycles. The van der Waals surface area contributed by atoms with Crippen molar-refractivity contribution in [3.63, 3.8) is 0 Å². The minimum Gasteiger partial charge on any atom is -0.491 e. The van der Waals surface area contributed by atoms with Crippen LogP contribution in [0.2, 0.25) is 0 Å². The Morgan fingerprint density at radius 3 is 2.64 bits per heavy atom. The first-order chi connectivity index (χ1) is 16.1.